The number of pyridine rings is 1. The van der Waals surface area contributed by atoms with E-state index in [1.54, 1.807) is 6.92 Å². The summed E-state index contributed by atoms with van der Waals surface area (Å²) >= 11 is 0. The van der Waals surface area contributed by atoms with Crippen molar-refractivity contribution in [2.75, 3.05) is 39.4 Å². The Balaban J connectivity index is 3.06. The van der Waals surface area contributed by atoms with Crippen LogP contribution in [0, 0.1) is 0 Å². The van der Waals surface area contributed by atoms with Gasteiger partial charge in [0, 0.05) is 33.0 Å². The molecule has 0 amide bonds. The largest absolute Gasteiger partial charge is 0.383 e. The smallest absolute Gasteiger partial charge is 0.245 e. The lowest BCUT2D eigenvalue weighted by atomic mass is 10.3. The maximum absolute atomic E-state index is 12.7. The molecule has 0 saturated heterocycles. The van der Waals surface area contributed by atoms with Gasteiger partial charge in [0.1, 0.15) is 10.7 Å². The van der Waals surface area contributed by atoms with Crippen LogP contribution in [-0.4, -0.2) is 57.7 Å². The van der Waals surface area contributed by atoms with Gasteiger partial charge in [0.2, 0.25) is 10.0 Å². The molecule has 0 radical (unpaired) electrons. The van der Waals surface area contributed by atoms with Gasteiger partial charge in [0.05, 0.1) is 13.2 Å². The summed E-state index contributed by atoms with van der Waals surface area (Å²) in [7, 11) is -0.626. The fourth-order valence-corrected chi connectivity index (χ4v) is 3.38. The number of rotatable bonds is 9. The van der Waals surface area contributed by atoms with Crippen molar-refractivity contribution in [3.63, 3.8) is 0 Å². The number of methoxy groups -OCH3 is 2. The van der Waals surface area contributed by atoms with Gasteiger partial charge in [-0.25, -0.2) is 19.2 Å². The summed E-state index contributed by atoms with van der Waals surface area (Å²) in [4.78, 5) is 4.02. The van der Waals surface area contributed by atoms with Crippen molar-refractivity contribution in [3.8, 4) is 0 Å². The van der Waals surface area contributed by atoms with Crippen LogP contribution >= 0.6 is 0 Å². The van der Waals surface area contributed by atoms with Gasteiger partial charge in [-0.2, -0.15) is 4.31 Å². The highest BCUT2D eigenvalue weighted by atomic mass is 32.2. The van der Waals surface area contributed by atoms with Crippen molar-refractivity contribution >= 4 is 15.8 Å². The standard InChI is InChI=1S/C12H22N4O4S/c1-10(9-20-3)16(6-7-19-2)21(17,18)11-4-5-12(15-13)14-8-11/h4-5,8,10H,6-7,9,13H2,1-3H3,(H,14,15). The van der Waals surface area contributed by atoms with E-state index in [2.05, 4.69) is 10.4 Å². The molecule has 3 N–H and O–H groups in total. The monoisotopic (exact) mass is 318 g/mol. The van der Waals surface area contributed by atoms with E-state index in [1.807, 2.05) is 0 Å². The van der Waals surface area contributed by atoms with E-state index in [0.717, 1.165) is 0 Å². The first kappa shape index (κ1) is 17.8. The zero-order valence-electron chi connectivity index (χ0n) is 12.4. The molecule has 8 nitrogen and oxygen atoms in total. The number of anilines is 1. The second kappa shape index (κ2) is 8.25. The maximum atomic E-state index is 12.7. The molecule has 1 aromatic rings. The Morgan fingerprint density at radius 3 is 2.57 bits per heavy atom. The van der Waals surface area contributed by atoms with Crippen molar-refractivity contribution in [3.05, 3.63) is 18.3 Å². The minimum absolute atomic E-state index is 0.0977. The zero-order chi connectivity index (χ0) is 15.9. The first-order valence-electron chi connectivity index (χ1n) is 6.39. The van der Waals surface area contributed by atoms with Gasteiger partial charge in [-0.1, -0.05) is 0 Å². The molecule has 120 valence electrons. The van der Waals surface area contributed by atoms with Crippen molar-refractivity contribution in [1.82, 2.24) is 9.29 Å². The molecule has 1 heterocycles. The van der Waals surface area contributed by atoms with Crippen molar-refractivity contribution in [1.29, 1.82) is 0 Å². The first-order chi connectivity index (χ1) is 9.97. The van der Waals surface area contributed by atoms with E-state index in [1.165, 1.54) is 36.9 Å². The summed E-state index contributed by atoms with van der Waals surface area (Å²) in [5, 5.41) is 0. The predicted molar refractivity (Wildman–Crippen MR) is 79.2 cm³/mol. The molecule has 0 aromatic carbocycles. The average Bonchev–Trinajstić information content (AvgIpc) is 2.47. The molecule has 1 aromatic heterocycles. The molecule has 0 fully saturated rings. The van der Waals surface area contributed by atoms with Crippen molar-refractivity contribution in [2.45, 2.75) is 17.9 Å². The maximum Gasteiger partial charge on any atom is 0.245 e. The molecule has 21 heavy (non-hydrogen) atoms. The fraction of sp³-hybridized carbons (Fsp3) is 0.583. The highest BCUT2D eigenvalue weighted by molar-refractivity contribution is 7.89. The van der Waals surface area contributed by atoms with Crippen LogP contribution in [0.4, 0.5) is 5.82 Å². The van der Waals surface area contributed by atoms with E-state index >= 15 is 0 Å². The second-order valence-electron chi connectivity index (χ2n) is 4.44. The normalized spacial score (nSPS) is 13.4. The molecule has 0 spiro atoms. The summed E-state index contributed by atoms with van der Waals surface area (Å²) in [5.41, 5.74) is 2.35. The van der Waals surface area contributed by atoms with Gasteiger partial charge in [-0.05, 0) is 19.1 Å². The Hall–Kier alpha value is -1.26. The van der Waals surface area contributed by atoms with Crippen LogP contribution in [0.25, 0.3) is 0 Å². The predicted octanol–water partition coefficient (Wildman–Crippen LogP) is 0.0392. The third kappa shape index (κ3) is 4.61. The minimum Gasteiger partial charge on any atom is -0.383 e. The second-order valence-corrected chi connectivity index (χ2v) is 6.33. The summed E-state index contributed by atoms with van der Waals surface area (Å²) in [6.45, 7) is 2.60. The Kier molecular flexibility index (Phi) is 6.99. The van der Waals surface area contributed by atoms with Gasteiger partial charge in [-0.15, -0.1) is 0 Å². The Labute approximate surface area is 125 Å². The molecule has 0 bridgehead atoms. The van der Waals surface area contributed by atoms with Crippen molar-refractivity contribution in [2.24, 2.45) is 5.84 Å². The molecule has 0 aliphatic rings. The van der Waals surface area contributed by atoms with Gasteiger partial charge < -0.3 is 14.9 Å². The van der Waals surface area contributed by atoms with Crippen LogP contribution in [0.15, 0.2) is 23.2 Å². The van der Waals surface area contributed by atoms with E-state index < -0.39 is 10.0 Å². The van der Waals surface area contributed by atoms with Gasteiger partial charge in [0.15, 0.2) is 0 Å². The van der Waals surface area contributed by atoms with Crippen LogP contribution < -0.4 is 11.3 Å². The Bertz CT molecular complexity index is 521. The molecule has 1 atom stereocenters. The summed E-state index contributed by atoms with van der Waals surface area (Å²) in [5.74, 6) is 5.61. The molecule has 1 unspecified atom stereocenters. The topological polar surface area (TPSA) is 107 Å². The summed E-state index contributed by atoms with van der Waals surface area (Å²) < 4.78 is 36.7. The Morgan fingerprint density at radius 1 is 1.38 bits per heavy atom. The molecule has 0 aliphatic carbocycles. The number of ether oxygens (including phenoxy) is 2. The molecule has 1 rings (SSSR count). The fourth-order valence-electron chi connectivity index (χ4n) is 1.84. The van der Waals surface area contributed by atoms with Crippen LogP contribution in [0.2, 0.25) is 0 Å². The molecule has 9 heteroatoms. The number of aromatic nitrogens is 1. The van der Waals surface area contributed by atoms with E-state index in [-0.39, 0.29) is 17.5 Å². The highest BCUT2D eigenvalue weighted by Gasteiger charge is 2.29. The molecule has 0 saturated carbocycles. The van der Waals surface area contributed by atoms with E-state index in [4.69, 9.17) is 15.3 Å². The van der Waals surface area contributed by atoms with Crippen LogP contribution in [0.1, 0.15) is 6.92 Å². The number of hydrogen-bond acceptors (Lipinski definition) is 7. The number of hydrogen-bond donors (Lipinski definition) is 2. The third-order valence-corrected chi connectivity index (χ3v) is 4.90. The van der Waals surface area contributed by atoms with Gasteiger partial charge in [-0.3, -0.25) is 0 Å². The molecular formula is C12H22N4O4S. The lowest BCUT2D eigenvalue weighted by molar-refractivity contribution is 0.119. The quantitative estimate of drug-likeness (QED) is 0.489. The number of nitrogens with one attached hydrogen (secondary N) is 1. The summed E-state index contributed by atoms with van der Waals surface area (Å²) in [6.07, 6.45) is 1.27. The van der Waals surface area contributed by atoms with Gasteiger partial charge in [0.25, 0.3) is 0 Å². The minimum atomic E-state index is -3.68. The third-order valence-electron chi connectivity index (χ3n) is 2.91. The molecule has 0 aliphatic heterocycles. The van der Waals surface area contributed by atoms with Crippen LogP contribution in [-0.2, 0) is 19.5 Å². The van der Waals surface area contributed by atoms with Gasteiger partial charge >= 0.3 is 0 Å². The van der Waals surface area contributed by atoms with Crippen molar-refractivity contribution < 1.29 is 17.9 Å². The average molecular weight is 318 g/mol. The summed E-state index contributed by atoms with van der Waals surface area (Å²) in [6, 6.07) is 2.64. The zero-order valence-corrected chi connectivity index (χ0v) is 13.3. The number of hydrazine groups is 1. The SMILES string of the molecule is COCCN(C(C)COC)S(=O)(=O)c1ccc(NN)nc1. The number of nitrogens with two attached hydrogens (primary N) is 1. The number of nitrogens with zero attached hydrogens (tertiary/aromatic N) is 2. The van der Waals surface area contributed by atoms with Crippen LogP contribution in [0.3, 0.4) is 0 Å². The first-order valence-corrected chi connectivity index (χ1v) is 7.83. The highest BCUT2D eigenvalue weighted by Crippen LogP contribution is 2.18. The lowest BCUT2D eigenvalue weighted by Crippen LogP contribution is -2.42. The Morgan fingerprint density at radius 2 is 2.10 bits per heavy atom. The lowest BCUT2D eigenvalue weighted by Gasteiger charge is -2.27. The van der Waals surface area contributed by atoms with E-state index in [0.29, 0.717) is 19.0 Å². The molecular weight excluding hydrogens is 296 g/mol. The number of nitrogen functional groups attached to an aromatic ring is 1. The number of sulfonamides is 1. The van der Waals surface area contributed by atoms with E-state index in [9.17, 15) is 8.42 Å². The van der Waals surface area contributed by atoms with Crippen LogP contribution in [0.5, 0.6) is 0 Å².